The summed E-state index contributed by atoms with van der Waals surface area (Å²) in [6.07, 6.45) is 8.39. The summed E-state index contributed by atoms with van der Waals surface area (Å²) in [6.45, 7) is 2.33. The van der Waals surface area contributed by atoms with Crippen LogP contribution < -0.4 is 9.80 Å². The average Bonchev–Trinajstić information content (AvgIpc) is 3.26. The number of carbonyl (C=O) groups is 3. The fraction of sp³-hybridized carbons (Fsp3) is 0.367. The van der Waals surface area contributed by atoms with Crippen molar-refractivity contribution in [3.63, 3.8) is 0 Å². The third-order valence-corrected chi connectivity index (χ3v) is 10.4. The molecule has 4 heterocycles. The van der Waals surface area contributed by atoms with Crippen molar-refractivity contribution < 1.29 is 19.5 Å². The zero-order chi connectivity index (χ0) is 27.3. The fourth-order valence-corrected chi connectivity index (χ4v) is 8.84. The molecule has 2 saturated heterocycles. The zero-order valence-corrected chi connectivity index (χ0v) is 23.1. The number of aliphatic hydroxyl groups is 1. The normalized spacial score (nSPS) is 30.6. The fourth-order valence-electron chi connectivity index (χ4n) is 6.61. The van der Waals surface area contributed by atoms with Crippen LogP contribution in [0.25, 0.3) is 0 Å². The molecule has 0 bridgehead atoms. The molecule has 2 aromatic rings. The molecule has 39 heavy (non-hydrogen) atoms. The summed E-state index contributed by atoms with van der Waals surface area (Å²) in [5, 5.41) is 10.5. The molecule has 2 fully saturated rings. The Balaban J connectivity index is 1.48. The minimum absolute atomic E-state index is 0.121. The van der Waals surface area contributed by atoms with Crippen molar-refractivity contribution in [1.82, 2.24) is 4.90 Å². The Morgan fingerprint density at radius 1 is 0.974 bits per heavy atom. The number of rotatable bonds is 5. The second-order valence-electron chi connectivity index (χ2n) is 10.3. The third kappa shape index (κ3) is 3.95. The van der Waals surface area contributed by atoms with Crippen LogP contribution in [0, 0.1) is 11.8 Å². The number of thioether (sulfide) groups is 1. The molecule has 0 radical (unpaired) electrons. The molecule has 202 valence electrons. The zero-order valence-electron chi connectivity index (χ0n) is 21.5. The lowest BCUT2D eigenvalue weighted by Gasteiger charge is -2.38. The SMILES string of the molecule is CC[C@@H](CO)N1C(=O)[C@@H]2[C@H]3C(=O)N(c4ccccc4)CC=C[C@H]3S[C@@]23C=CCN(c2ccccc2Cl)C(=O)C13. The van der Waals surface area contributed by atoms with E-state index in [1.165, 1.54) is 11.8 Å². The smallest absolute Gasteiger partial charge is 0.251 e. The molecule has 9 heteroatoms. The summed E-state index contributed by atoms with van der Waals surface area (Å²) in [5.41, 5.74) is 1.35. The van der Waals surface area contributed by atoms with Crippen LogP contribution in [0.3, 0.4) is 0 Å². The molecule has 1 spiro atoms. The van der Waals surface area contributed by atoms with Gasteiger partial charge < -0.3 is 19.8 Å². The van der Waals surface area contributed by atoms with E-state index in [-0.39, 0.29) is 29.6 Å². The van der Waals surface area contributed by atoms with Gasteiger partial charge in [0.1, 0.15) is 6.04 Å². The molecule has 0 aromatic heterocycles. The maximum Gasteiger partial charge on any atom is 0.251 e. The van der Waals surface area contributed by atoms with Crippen molar-refractivity contribution in [1.29, 1.82) is 0 Å². The molecule has 1 N–H and O–H groups in total. The Labute approximate surface area is 237 Å². The van der Waals surface area contributed by atoms with Crippen LogP contribution in [0.2, 0.25) is 5.02 Å². The first-order chi connectivity index (χ1) is 18.9. The van der Waals surface area contributed by atoms with E-state index in [2.05, 4.69) is 0 Å². The average molecular weight is 564 g/mol. The van der Waals surface area contributed by atoms with Gasteiger partial charge in [0.2, 0.25) is 11.8 Å². The minimum atomic E-state index is -0.957. The molecule has 7 nitrogen and oxygen atoms in total. The van der Waals surface area contributed by atoms with E-state index in [1.54, 1.807) is 26.8 Å². The first kappa shape index (κ1) is 26.2. The number of amides is 3. The van der Waals surface area contributed by atoms with Gasteiger partial charge in [-0.1, -0.05) is 73.2 Å². The summed E-state index contributed by atoms with van der Waals surface area (Å²) in [6, 6.07) is 15.2. The van der Waals surface area contributed by atoms with E-state index in [0.29, 0.717) is 30.2 Å². The molecule has 3 amide bonds. The lowest BCUT2D eigenvalue weighted by Crippen LogP contribution is -2.56. The van der Waals surface area contributed by atoms with Crippen molar-refractivity contribution in [3.05, 3.63) is 83.9 Å². The minimum Gasteiger partial charge on any atom is -0.394 e. The number of benzene rings is 2. The number of aliphatic hydroxyl groups excluding tert-OH is 1. The summed E-state index contributed by atoms with van der Waals surface area (Å²) in [5.74, 6) is -2.02. The second kappa shape index (κ2) is 10.2. The molecule has 0 aliphatic carbocycles. The van der Waals surface area contributed by atoms with Crippen molar-refractivity contribution in [2.24, 2.45) is 11.8 Å². The molecular formula is C30H30ClN3O4S. The van der Waals surface area contributed by atoms with Crippen LogP contribution >= 0.6 is 23.4 Å². The Morgan fingerprint density at radius 3 is 2.41 bits per heavy atom. The number of hydrogen-bond acceptors (Lipinski definition) is 5. The highest BCUT2D eigenvalue weighted by Gasteiger charge is 2.71. The molecule has 4 aliphatic heterocycles. The maximum atomic E-state index is 14.5. The summed E-state index contributed by atoms with van der Waals surface area (Å²) < 4.78 is -0.957. The molecule has 4 aliphatic rings. The van der Waals surface area contributed by atoms with E-state index >= 15 is 0 Å². The highest BCUT2D eigenvalue weighted by atomic mass is 35.5. The molecule has 2 aromatic carbocycles. The molecule has 1 unspecified atom stereocenters. The van der Waals surface area contributed by atoms with Gasteiger partial charge in [0.05, 0.1) is 39.9 Å². The number of anilines is 2. The van der Waals surface area contributed by atoms with Crippen molar-refractivity contribution in [2.45, 2.75) is 35.4 Å². The second-order valence-corrected chi connectivity index (χ2v) is 12.2. The Bertz CT molecular complexity index is 1360. The quantitative estimate of drug-likeness (QED) is 0.558. The molecule has 6 atom stereocenters. The van der Waals surface area contributed by atoms with Crippen molar-refractivity contribution >= 4 is 52.5 Å². The highest BCUT2D eigenvalue weighted by molar-refractivity contribution is 8.02. The third-order valence-electron chi connectivity index (χ3n) is 8.38. The summed E-state index contributed by atoms with van der Waals surface area (Å²) in [4.78, 5) is 48.0. The van der Waals surface area contributed by atoms with Crippen LogP contribution in [-0.4, -0.2) is 69.5 Å². The lowest BCUT2D eigenvalue weighted by atomic mass is 9.78. The topological polar surface area (TPSA) is 81.2 Å². The lowest BCUT2D eigenvalue weighted by molar-refractivity contribution is -0.141. The van der Waals surface area contributed by atoms with Gasteiger partial charge in [-0.2, -0.15) is 0 Å². The van der Waals surface area contributed by atoms with E-state index in [1.807, 2.05) is 73.7 Å². The summed E-state index contributed by atoms with van der Waals surface area (Å²) >= 11 is 8.05. The van der Waals surface area contributed by atoms with Crippen molar-refractivity contribution in [3.8, 4) is 0 Å². The highest BCUT2D eigenvalue weighted by Crippen LogP contribution is 2.61. The number of halogens is 1. The van der Waals surface area contributed by atoms with Crippen LogP contribution in [0.4, 0.5) is 11.4 Å². The van der Waals surface area contributed by atoms with Crippen molar-refractivity contribution in [2.75, 3.05) is 29.5 Å². The number of hydrogen-bond donors (Lipinski definition) is 1. The monoisotopic (exact) mass is 563 g/mol. The van der Waals surface area contributed by atoms with Crippen LogP contribution in [0.5, 0.6) is 0 Å². The van der Waals surface area contributed by atoms with E-state index in [0.717, 1.165) is 5.69 Å². The van der Waals surface area contributed by atoms with Crippen LogP contribution in [0.15, 0.2) is 78.9 Å². The van der Waals surface area contributed by atoms with Crippen LogP contribution in [-0.2, 0) is 14.4 Å². The molecule has 0 saturated carbocycles. The number of carbonyl (C=O) groups excluding carboxylic acids is 3. The maximum absolute atomic E-state index is 14.5. The number of para-hydroxylation sites is 2. The molecule has 6 rings (SSSR count). The van der Waals surface area contributed by atoms with E-state index in [9.17, 15) is 19.5 Å². The Morgan fingerprint density at radius 2 is 1.69 bits per heavy atom. The standard InChI is InChI=1S/C30H30ClN3O4S/c1-2-19(18-35)34-26-29(38)33(22-13-7-6-12-21(22)31)17-9-15-30(26)25(28(34)37)24-23(39-30)14-8-16-32(27(24)36)20-10-4-3-5-11-20/h3-15,19,23-26,35H,2,16-18H2,1H3/t19-,23+,24-,25-,26?,30-/m0/s1. The van der Waals surface area contributed by atoms with Gasteiger partial charge in [0.25, 0.3) is 5.91 Å². The van der Waals surface area contributed by atoms with Gasteiger partial charge in [-0.25, -0.2) is 0 Å². The molecular weight excluding hydrogens is 534 g/mol. The van der Waals surface area contributed by atoms with Gasteiger partial charge in [0.15, 0.2) is 0 Å². The predicted molar refractivity (Wildman–Crippen MR) is 154 cm³/mol. The van der Waals surface area contributed by atoms with Gasteiger partial charge in [-0.3, -0.25) is 14.4 Å². The van der Waals surface area contributed by atoms with Crippen LogP contribution in [0.1, 0.15) is 13.3 Å². The number of likely N-dealkylation sites (tertiary alicyclic amines) is 1. The largest absolute Gasteiger partial charge is 0.394 e. The Kier molecular flexibility index (Phi) is 6.81. The predicted octanol–water partition coefficient (Wildman–Crippen LogP) is 3.91. The van der Waals surface area contributed by atoms with Gasteiger partial charge in [-0.05, 0) is 30.7 Å². The van der Waals surface area contributed by atoms with E-state index < -0.39 is 28.7 Å². The van der Waals surface area contributed by atoms with E-state index in [4.69, 9.17) is 11.6 Å². The Hall–Kier alpha value is -3.07. The summed E-state index contributed by atoms with van der Waals surface area (Å²) in [7, 11) is 0. The number of nitrogens with zero attached hydrogens (tertiary/aromatic N) is 3. The van der Waals surface area contributed by atoms with Gasteiger partial charge in [-0.15, -0.1) is 11.8 Å². The van der Waals surface area contributed by atoms with Gasteiger partial charge >= 0.3 is 0 Å². The first-order valence-corrected chi connectivity index (χ1v) is 14.6. The first-order valence-electron chi connectivity index (χ1n) is 13.3. The van der Waals surface area contributed by atoms with Gasteiger partial charge in [0, 0.05) is 24.0 Å². The number of fused-ring (bicyclic) bond motifs is 2.